The Balaban J connectivity index is 0.000000490. The molecule has 1 rings (SSSR count). The van der Waals surface area contributed by atoms with Gasteiger partial charge < -0.3 is 5.73 Å². The van der Waals surface area contributed by atoms with Crippen LogP contribution in [0.15, 0.2) is 30.0 Å². The SMILES string of the molecule is C=C1[C-]=C(N)C=C1.[Li+]. The van der Waals surface area contributed by atoms with Crippen molar-refractivity contribution >= 4 is 0 Å². The van der Waals surface area contributed by atoms with Gasteiger partial charge in [0.2, 0.25) is 0 Å². The van der Waals surface area contributed by atoms with Crippen molar-refractivity contribution in [2.75, 3.05) is 0 Å². The van der Waals surface area contributed by atoms with Gasteiger partial charge >= 0.3 is 18.9 Å². The molecule has 0 aromatic carbocycles. The largest absolute Gasteiger partial charge is 1.00 e. The van der Waals surface area contributed by atoms with Crippen LogP contribution < -0.4 is 24.6 Å². The van der Waals surface area contributed by atoms with Gasteiger partial charge in [-0.05, 0) is 0 Å². The van der Waals surface area contributed by atoms with E-state index in [1.807, 2.05) is 6.08 Å². The summed E-state index contributed by atoms with van der Waals surface area (Å²) >= 11 is 0. The third kappa shape index (κ3) is 1.61. The molecule has 8 heavy (non-hydrogen) atoms. The molecule has 0 aliphatic heterocycles. The molecule has 0 heterocycles. The van der Waals surface area contributed by atoms with Crippen LogP contribution in [0.4, 0.5) is 0 Å². The minimum absolute atomic E-state index is 0. The molecule has 36 valence electrons. The molecule has 0 radical (unpaired) electrons. The normalized spacial score (nSPS) is 15.5. The van der Waals surface area contributed by atoms with Crippen LogP contribution in [0.3, 0.4) is 0 Å². The molecule has 2 heteroatoms. The molecular weight excluding hydrogens is 93.0 g/mol. The molecule has 0 atom stereocenters. The molecule has 0 fully saturated rings. The van der Waals surface area contributed by atoms with E-state index in [-0.39, 0.29) is 18.9 Å². The van der Waals surface area contributed by atoms with E-state index in [1.165, 1.54) is 0 Å². The van der Waals surface area contributed by atoms with Crippen molar-refractivity contribution in [3.05, 3.63) is 36.1 Å². The van der Waals surface area contributed by atoms with Gasteiger partial charge in [-0.15, -0.1) is 6.08 Å². The molecule has 1 aliphatic carbocycles. The van der Waals surface area contributed by atoms with Gasteiger partial charge in [-0.3, -0.25) is 0 Å². The van der Waals surface area contributed by atoms with Crippen molar-refractivity contribution in [2.24, 2.45) is 5.73 Å². The van der Waals surface area contributed by atoms with Gasteiger partial charge in [-0.2, -0.15) is 24.3 Å². The average Bonchev–Trinajstić information content (AvgIpc) is 1.87. The van der Waals surface area contributed by atoms with Crippen LogP contribution in [-0.2, 0) is 0 Å². The van der Waals surface area contributed by atoms with E-state index in [9.17, 15) is 0 Å². The average molecular weight is 99.1 g/mol. The predicted molar refractivity (Wildman–Crippen MR) is 29.2 cm³/mol. The fraction of sp³-hybridized carbons (Fsp3) is 0. The molecule has 0 aromatic rings. The molecule has 1 aliphatic rings. The number of allylic oxidation sites excluding steroid dienone is 4. The number of hydrogen-bond acceptors (Lipinski definition) is 1. The Labute approximate surface area is 61.1 Å². The van der Waals surface area contributed by atoms with Gasteiger partial charge in [0.15, 0.2) is 0 Å². The van der Waals surface area contributed by atoms with Crippen molar-refractivity contribution in [1.29, 1.82) is 0 Å². The maximum Gasteiger partial charge on any atom is 1.00 e. The van der Waals surface area contributed by atoms with E-state index in [4.69, 9.17) is 5.73 Å². The Bertz CT molecular complexity index is 156. The second-order valence-electron chi connectivity index (χ2n) is 1.44. The Morgan fingerprint density at radius 3 is 2.25 bits per heavy atom. The number of rotatable bonds is 0. The van der Waals surface area contributed by atoms with Gasteiger partial charge in [0, 0.05) is 0 Å². The summed E-state index contributed by atoms with van der Waals surface area (Å²) in [5.74, 6) is 0. The minimum Gasteiger partial charge on any atom is -0.415 e. The molecule has 2 N–H and O–H groups in total. The van der Waals surface area contributed by atoms with Crippen LogP contribution in [0, 0.1) is 6.08 Å². The maximum atomic E-state index is 5.28. The summed E-state index contributed by atoms with van der Waals surface area (Å²) in [6.07, 6.45) is 6.41. The second kappa shape index (κ2) is 2.81. The summed E-state index contributed by atoms with van der Waals surface area (Å²) in [4.78, 5) is 0. The topological polar surface area (TPSA) is 26.0 Å². The molecule has 0 spiro atoms. The van der Waals surface area contributed by atoms with E-state index in [2.05, 4.69) is 12.7 Å². The summed E-state index contributed by atoms with van der Waals surface area (Å²) in [7, 11) is 0. The first-order chi connectivity index (χ1) is 3.29. The van der Waals surface area contributed by atoms with E-state index in [0.717, 1.165) is 5.57 Å². The van der Waals surface area contributed by atoms with Crippen LogP contribution in [-0.4, -0.2) is 0 Å². The number of nitrogens with two attached hydrogens (primary N) is 1. The van der Waals surface area contributed by atoms with E-state index in [1.54, 1.807) is 6.08 Å². The van der Waals surface area contributed by atoms with E-state index in [0.29, 0.717) is 5.70 Å². The molecular formula is C6H6LiN. The first-order valence-corrected chi connectivity index (χ1v) is 2.05. The predicted octanol–water partition coefficient (Wildman–Crippen LogP) is -2.24. The molecule has 0 unspecified atom stereocenters. The summed E-state index contributed by atoms with van der Waals surface area (Å²) in [5, 5.41) is 0. The zero-order valence-corrected chi connectivity index (χ0v) is 4.94. The van der Waals surface area contributed by atoms with Crippen LogP contribution in [0.25, 0.3) is 0 Å². The van der Waals surface area contributed by atoms with Crippen LogP contribution in [0.2, 0.25) is 0 Å². The first kappa shape index (κ1) is 7.62. The molecule has 1 nitrogen and oxygen atoms in total. The van der Waals surface area contributed by atoms with Gasteiger partial charge in [0.1, 0.15) is 0 Å². The third-order valence-electron chi connectivity index (χ3n) is 0.769. The van der Waals surface area contributed by atoms with Crippen LogP contribution >= 0.6 is 0 Å². The fourth-order valence-electron chi connectivity index (χ4n) is 0.459. The van der Waals surface area contributed by atoms with Crippen molar-refractivity contribution in [2.45, 2.75) is 0 Å². The summed E-state index contributed by atoms with van der Waals surface area (Å²) in [6.45, 7) is 3.61. The Morgan fingerprint density at radius 1 is 1.50 bits per heavy atom. The zero-order chi connectivity index (χ0) is 5.28. The third-order valence-corrected chi connectivity index (χ3v) is 0.769. The summed E-state index contributed by atoms with van der Waals surface area (Å²) in [5.41, 5.74) is 6.81. The van der Waals surface area contributed by atoms with Crippen LogP contribution in [0.1, 0.15) is 0 Å². The maximum absolute atomic E-state index is 5.28. The molecule has 0 amide bonds. The molecule has 0 saturated carbocycles. The van der Waals surface area contributed by atoms with Crippen molar-refractivity contribution in [3.8, 4) is 0 Å². The summed E-state index contributed by atoms with van der Waals surface area (Å²) < 4.78 is 0. The minimum atomic E-state index is 0. The van der Waals surface area contributed by atoms with Crippen LogP contribution in [0.5, 0.6) is 0 Å². The molecule has 0 aromatic heterocycles. The smallest absolute Gasteiger partial charge is 0.415 e. The summed E-state index contributed by atoms with van der Waals surface area (Å²) in [6, 6.07) is 0. The van der Waals surface area contributed by atoms with Crippen molar-refractivity contribution < 1.29 is 18.9 Å². The Kier molecular flexibility index (Phi) is 2.68. The molecule has 0 saturated heterocycles. The first-order valence-electron chi connectivity index (χ1n) is 2.05. The second-order valence-corrected chi connectivity index (χ2v) is 1.44. The van der Waals surface area contributed by atoms with Gasteiger partial charge in [0.25, 0.3) is 0 Å². The zero-order valence-electron chi connectivity index (χ0n) is 4.94. The van der Waals surface area contributed by atoms with Gasteiger partial charge in [-0.1, -0.05) is 5.70 Å². The van der Waals surface area contributed by atoms with E-state index < -0.39 is 0 Å². The number of hydrogen-bond donors (Lipinski definition) is 1. The van der Waals surface area contributed by atoms with Gasteiger partial charge in [0.05, 0.1) is 0 Å². The molecule has 0 bridgehead atoms. The Hall–Kier alpha value is -0.383. The standard InChI is InChI=1S/C6H6N.Li/c1-5-2-3-6(7)4-5;/h2-3H,1,7H2;/q-1;+1. The Morgan fingerprint density at radius 2 is 2.12 bits per heavy atom. The monoisotopic (exact) mass is 99.1 g/mol. The van der Waals surface area contributed by atoms with E-state index >= 15 is 0 Å². The quantitative estimate of drug-likeness (QED) is 0.270. The van der Waals surface area contributed by atoms with Crippen molar-refractivity contribution in [1.82, 2.24) is 0 Å². The van der Waals surface area contributed by atoms with Gasteiger partial charge in [-0.25, -0.2) is 0 Å². The fourth-order valence-corrected chi connectivity index (χ4v) is 0.459. The van der Waals surface area contributed by atoms with Crippen molar-refractivity contribution in [3.63, 3.8) is 0 Å².